The van der Waals surface area contributed by atoms with E-state index >= 15 is 0 Å². The largest absolute Gasteiger partial charge is 0.321 e. The van der Waals surface area contributed by atoms with Crippen LogP contribution in [0.25, 0.3) is 10.8 Å². The molecular formula is C16H19NO. The zero-order chi connectivity index (χ0) is 13.1. The average Bonchev–Trinajstić information content (AvgIpc) is 2.36. The highest BCUT2D eigenvalue weighted by molar-refractivity contribution is 6.10. The molecule has 0 saturated carbocycles. The molecule has 0 spiro atoms. The van der Waals surface area contributed by atoms with Gasteiger partial charge >= 0.3 is 0 Å². The zero-order valence-corrected chi connectivity index (χ0v) is 10.9. The first-order valence-electron chi connectivity index (χ1n) is 6.37. The summed E-state index contributed by atoms with van der Waals surface area (Å²) in [5.74, 6) is 0.472. The van der Waals surface area contributed by atoms with E-state index in [-0.39, 0.29) is 5.78 Å². The molecule has 0 radical (unpaired) electrons. The van der Waals surface area contributed by atoms with E-state index in [1.165, 1.54) is 0 Å². The first kappa shape index (κ1) is 12.8. The maximum Gasteiger partial charge on any atom is 0.180 e. The number of rotatable bonds is 4. The van der Waals surface area contributed by atoms with Gasteiger partial charge in [0, 0.05) is 5.56 Å². The lowest BCUT2D eigenvalue weighted by molar-refractivity contribution is 0.0952. The lowest BCUT2D eigenvalue weighted by Crippen LogP contribution is -2.32. The summed E-state index contributed by atoms with van der Waals surface area (Å²) in [5, 5.41) is 2.07. The van der Waals surface area contributed by atoms with E-state index in [0.717, 1.165) is 22.8 Å². The summed E-state index contributed by atoms with van der Waals surface area (Å²) in [4.78, 5) is 12.4. The second kappa shape index (κ2) is 5.32. The highest BCUT2D eigenvalue weighted by Crippen LogP contribution is 2.20. The fraction of sp³-hybridized carbons (Fsp3) is 0.312. The Morgan fingerprint density at radius 3 is 2.50 bits per heavy atom. The van der Waals surface area contributed by atoms with Crippen molar-refractivity contribution in [3.63, 3.8) is 0 Å². The van der Waals surface area contributed by atoms with Gasteiger partial charge in [-0.15, -0.1) is 0 Å². The van der Waals surface area contributed by atoms with Crippen molar-refractivity contribution in [3.05, 3.63) is 48.0 Å². The third kappa shape index (κ3) is 2.59. The number of hydrogen-bond acceptors (Lipinski definition) is 2. The number of Topliss-reactive ketones (excluding diaryl/α,β-unsaturated/α-hetero) is 1. The summed E-state index contributed by atoms with van der Waals surface area (Å²) in [7, 11) is 0. The number of ketones is 1. The highest BCUT2D eigenvalue weighted by Gasteiger charge is 2.18. The minimum Gasteiger partial charge on any atom is -0.321 e. The molecule has 2 N–H and O–H groups in total. The van der Waals surface area contributed by atoms with Crippen LogP contribution in [0.3, 0.4) is 0 Å². The zero-order valence-electron chi connectivity index (χ0n) is 10.9. The van der Waals surface area contributed by atoms with E-state index < -0.39 is 6.04 Å². The predicted molar refractivity (Wildman–Crippen MR) is 75.7 cm³/mol. The number of fused-ring (bicyclic) bond motifs is 1. The highest BCUT2D eigenvalue weighted by atomic mass is 16.1. The van der Waals surface area contributed by atoms with E-state index in [4.69, 9.17) is 5.73 Å². The molecule has 94 valence electrons. The molecule has 2 aromatic rings. The summed E-state index contributed by atoms with van der Waals surface area (Å²) in [6.07, 6.45) is 0.724. The van der Waals surface area contributed by atoms with Gasteiger partial charge in [-0.2, -0.15) is 0 Å². The summed E-state index contributed by atoms with van der Waals surface area (Å²) in [6, 6.07) is 13.3. The molecule has 0 aromatic heterocycles. The Hall–Kier alpha value is -1.67. The van der Waals surface area contributed by atoms with Gasteiger partial charge in [-0.3, -0.25) is 4.79 Å². The number of hydrogen-bond donors (Lipinski definition) is 1. The number of nitrogens with two attached hydrogens (primary N) is 1. The predicted octanol–water partition coefficient (Wildman–Crippen LogP) is 3.40. The Balaban J connectivity index is 2.39. The molecule has 0 heterocycles. The second-order valence-corrected chi connectivity index (χ2v) is 5.13. The average molecular weight is 241 g/mol. The monoisotopic (exact) mass is 241 g/mol. The smallest absolute Gasteiger partial charge is 0.180 e. The van der Waals surface area contributed by atoms with Crippen molar-refractivity contribution in [1.29, 1.82) is 0 Å². The topological polar surface area (TPSA) is 43.1 Å². The first-order valence-corrected chi connectivity index (χ1v) is 6.37. The Labute approximate surface area is 108 Å². The molecule has 0 aliphatic rings. The molecule has 2 rings (SSSR count). The molecule has 2 aromatic carbocycles. The number of carbonyl (C=O) groups excluding carboxylic acids is 1. The molecule has 2 heteroatoms. The molecule has 1 unspecified atom stereocenters. The van der Waals surface area contributed by atoms with Gasteiger partial charge in [-0.25, -0.2) is 0 Å². The van der Waals surface area contributed by atoms with E-state index in [1.54, 1.807) is 0 Å². The fourth-order valence-corrected chi connectivity index (χ4v) is 2.25. The van der Waals surface area contributed by atoms with Crippen molar-refractivity contribution in [1.82, 2.24) is 0 Å². The van der Waals surface area contributed by atoms with Crippen LogP contribution in [0.1, 0.15) is 30.6 Å². The lowest BCUT2D eigenvalue weighted by Gasteiger charge is -2.14. The van der Waals surface area contributed by atoms with Crippen molar-refractivity contribution in [2.24, 2.45) is 11.7 Å². The van der Waals surface area contributed by atoms with Gasteiger partial charge in [0.25, 0.3) is 0 Å². The van der Waals surface area contributed by atoms with Crippen LogP contribution in [0.2, 0.25) is 0 Å². The summed E-state index contributed by atoms with van der Waals surface area (Å²) in [6.45, 7) is 4.16. The molecular weight excluding hydrogens is 222 g/mol. The van der Waals surface area contributed by atoms with E-state index in [9.17, 15) is 4.79 Å². The van der Waals surface area contributed by atoms with E-state index in [2.05, 4.69) is 13.8 Å². The number of carbonyl (C=O) groups is 1. The fourth-order valence-electron chi connectivity index (χ4n) is 2.25. The van der Waals surface area contributed by atoms with Crippen molar-refractivity contribution in [2.75, 3.05) is 0 Å². The van der Waals surface area contributed by atoms with Crippen LogP contribution in [-0.4, -0.2) is 11.8 Å². The lowest BCUT2D eigenvalue weighted by atomic mass is 9.93. The van der Waals surface area contributed by atoms with Crippen molar-refractivity contribution >= 4 is 16.6 Å². The molecule has 18 heavy (non-hydrogen) atoms. The molecule has 0 saturated heterocycles. The van der Waals surface area contributed by atoms with Crippen molar-refractivity contribution in [3.8, 4) is 0 Å². The first-order chi connectivity index (χ1) is 8.59. The summed E-state index contributed by atoms with van der Waals surface area (Å²) in [5.41, 5.74) is 6.73. The molecule has 0 bridgehead atoms. The van der Waals surface area contributed by atoms with Gasteiger partial charge in [-0.05, 0) is 23.1 Å². The summed E-state index contributed by atoms with van der Waals surface area (Å²) >= 11 is 0. The normalized spacial score (nSPS) is 12.9. The van der Waals surface area contributed by atoms with Crippen LogP contribution in [0.15, 0.2) is 42.5 Å². The van der Waals surface area contributed by atoms with Gasteiger partial charge in [-0.1, -0.05) is 56.3 Å². The molecule has 0 aliphatic carbocycles. The Bertz CT molecular complexity index is 555. The minimum absolute atomic E-state index is 0.0421. The minimum atomic E-state index is -0.407. The Morgan fingerprint density at radius 2 is 1.78 bits per heavy atom. The van der Waals surface area contributed by atoms with Gasteiger partial charge in [0.05, 0.1) is 6.04 Å². The third-order valence-electron chi connectivity index (χ3n) is 3.12. The maximum absolute atomic E-state index is 12.4. The summed E-state index contributed by atoms with van der Waals surface area (Å²) < 4.78 is 0. The van der Waals surface area contributed by atoms with Gasteiger partial charge < -0.3 is 5.73 Å². The third-order valence-corrected chi connectivity index (χ3v) is 3.12. The Kier molecular flexibility index (Phi) is 3.78. The SMILES string of the molecule is CC(C)CC(N)C(=O)c1cccc2ccccc12. The molecule has 0 fully saturated rings. The second-order valence-electron chi connectivity index (χ2n) is 5.13. The molecule has 1 atom stereocenters. The number of benzene rings is 2. The quantitative estimate of drug-likeness (QED) is 0.834. The van der Waals surface area contributed by atoms with E-state index in [0.29, 0.717) is 5.92 Å². The van der Waals surface area contributed by atoms with Gasteiger partial charge in [0.1, 0.15) is 0 Å². The van der Waals surface area contributed by atoms with Crippen molar-refractivity contribution in [2.45, 2.75) is 26.3 Å². The van der Waals surface area contributed by atoms with Crippen LogP contribution in [0.5, 0.6) is 0 Å². The molecule has 0 amide bonds. The van der Waals surface area contributed by atoms with Crippen LogP contribution in [-0.2, 0) is 0 Å². The van der Waals surface area contributed by atoms with Gasteiger partial charge in [0.15, 0.2) is 5.78 Å². The van der Waals surface area contributed by atoms with Gasteiger partial charge in [0.2, 0.25) is 0 Å². The van der Waals surface area contributed by atoms with Crippen LogP contribution in [0.4, 0.5) is 0 Å². The standard InChI is InChI=1S/C16H19NO/c1-11(2)10-15(17)16(18)14-9-5-7-12-6-3-4-8-13(12)14/h3-9,11,15H,10,17H2,1-2H3. The van der Waals surface area contributed by atoms with E-state index in [1.807, 2.05) is 42.5 Å². The van der Waals surface area contributed by atoms with Crippen LogP contribution >= 0.6 is 0 Å². The van der Waals surface area contributed by atoms with Crippen molar-refractivity contribution < 1.29 is 4.79 Å². The Morgan fingerprint density at radius 1 is 1.11 bits per heavy atom. The maximum atomic E-state index is 12.4. The molecule has 2 nitrogen and oxygen atoms in total. The molecule has 0 aliphatic heterocycles. The van der Waals surface area contributed by atoms with Crippen LogP contribution < -0.4 is 5.73 Å². The van der Waals surface area contributed by atoms with Crippen LogP contribution in [0, 0.1) is 5.92 Å².